The average Bonchev–Trinajstić information content (AvgIpc) is 3.12. The van der Waals surface area contributed by atoms with Crippen molar-refractivity contribution in [3.63, 3.8) is 0 Å². The molecule has 2 heterocycles. The van der Waals surface area contributed by atoms with Gasteiger partial charge in [0.25, 0.3) is 8.32 Å². The van der Waals surface area contributed by atoms with Crippen LogP contribution in [-0.4, -0.2) is 49.2 Å². The van der Waals surface area contributed by atoms with E-state index in [4.69, 9.17) is 20.8 Å². The number of rotatable bonds is 6. The number of benzene rings is 1. The lowest BCUT2D eigenvalue weighted by Crippen LogP contribution is -2.50. The molecule has 0 saturated carbocycles. The highest BCUT2D eigenvalue weighted by Crippen LogP contribution is 2.52. The third kappa shape index (κ3) is 5.54. The lowest BCUT2D eigenvalue weighted by molar-refractivity contribution is -0.105. The first kappa shape index (κ1) is 28.3. The first-order valence-corrected chi connectivity index (χ1v) is 15.8. The Morgan fingerprint density at radius 2 is 1.66 bits per heavy atom. The summed E-state index contributed by atoms with van der Waals surface area (Å²) in [6.07, 6.45) is 1.57. The molecule has 2 aliphatic rings. The average molecular weight is 524 g/mol. The third-order valence-electron chi connectivity index (χ3n) is 8.51. The van der Waals surface area contributed by atoms with Crippen molar-refractivity contribution in [2.24, 2.45) is 5.41 Å². The summed E-state index contributed by atoms with van der Waals surface area (Å²) in [5, 5.41) is 10.1. The van der Waals surface area contributed by atoms with Crippen molar-refractivity contribution in [2.75, 3.05) is 13.1 Å². The summed E-state index contributed by atoms with van der Waals surface area (Å²) < 4.78 is 13.7. The largest absolute Gasteiger partial charge is 0.542 e. The minimum Gasteiger partial charge on any atom is -0.542 e. The van der Waals surface area contributed by atoms with E-state index >= 15 is 0 Å². The Kier molecular flexibility index (Phi) is 8.30. The van der Waals surface area contributed by atoms with Crippen molar-refractivity contribution in [1.29, 1.82) is 0 Å². The number of piperidine rings is 1. The molecule has 2 aliphatic heterocycles. The van der Waals surface area contributed by atoms with Crippen molar-refractivity contribution in [3.8, 4) is 5.75 Å². The van der Waals surface area contributed by atoms with Gasteiger partial charge in [-0.2, -0.15) is 0 Å². The van der Waals surface area contributed by atoms with E-state index in [1.165, 1.54) is 10.5 Å². The normalized spacial score (nSPS) is 23.1. The van der Waals surface area contributed by atoms with Crippen molar-refractivity contribution in [3.05, 3.63) is 28.8 Å². The van der Waals surface area contributed by atoms with E-state index in [0.717, 1.165) is 25.0 Å². The van der Waals surface area contributed by atoms with Gasteiger partial charge in [0, 0.05) is 19.0 Å². The summed E-state index contributed by atoms with van der Waals surface area (Å²) in [7, 11) is -2.10. The quantitative estimate of drug-likeness (QED) is 0.381. The molecule has 0 radical (unpaired) electrons. The van der Waals surface area contributed by atoms with Gasteiger partial charge in [0.1, 0.15) is 5.75 Å². The molecule has 7 heteroatoms. The lowest BCUT2D eigenvalue weighted by Gasteiger charge is -2.42. The van der Waals surface area contributed by atoms with Crippen LogP contribution in [0.15, 0.2) is 18.2 Å². The van der Waals surface area contributed by atoms with E-state index in [2.05, 4.69) is 80.5 Å². The SMILES string of the molecule is CC(C)[Si](Oc1ccc(C2CC3(CCN(C(=O)O)CC3)OC2C(C)(C)C)cc1Cl)(C(C)C)C(C)C. The molecule has 3 rings (SSSR count). The van der Waals surface area contributed by atoms with Gasteiger partial charge in [-0.15, -0.1) is 0 Å². The molecule has 1 amide bonds. The van der Waals surface area contributed by atoms with Gasteiger partial charge in [-0.25, -0.2) is 4.79 Å². The lowest BCUT2D eigenvalue weighted by atomic mass is 9.75. The van der Waals surface area contributed by atoms with Gasteiger partial charge < -0.3 is 19.2 Å². The molecule has 1 aromatic carbocycles. The second kappa shape index (κ2) is 10.3. The summed E-state index contributed by atoms with van der Waals surface area (Å²) >= 11 is 6.91. The van der Waals surface area contributed by atoms with Gasteiger partial charge >= 0.3 is 6.09 Å². The molecule has 0 aliphatic carbocycles. The number of likely N-dealkylation sites (tertiary alicyclic amines) is 1. The Morgan fingerprint density at radius 1 is 1.11 bits per heavy atom. The number of carbonyl (C=O) groups is 1. The first-order valence-electron chi connectivity index (χ1n) is 13.3. The Hall–Kier alpha value is -1.24. The zero-order valence-corrected chi connectivity index (χ0v) is 24.9. The van der Waals surface area contributed by atoms with Gasteiger partial charge in [-0.1, -0.05) is 80.0 Å². The summed E-state index contributed by atoms with van der Waals surface area (Å²) in [6, 6.07) is 6.35. The van der Waals surface area contributed by atoms with Crippen LogP contribution in [0.2, 0.25) is 21.6 Å². The number of nitrogens with zero attached hydrogens (tertiary/aromatic N) is 1. The minimum atomic E-state index is -2.10. The van der Waals surface area contributed by atoms with Crippen LogP contribution >= 0.6 is 11.6 Å². The number of amides is 1. The fraction of sp³-hybridized carbons (Fsp3) is 0.750. The molecule has 1 N–H and O–H groups in total. The molecule has 0 aromatic heterocycles. The van der Waals surface area contributed by atoms with Crippen molar-refractivity contribution in [2.45, 2.75) is 116 Å². The van der Waals surface area contributed by atoms with Gasteiger partial charge in [0.2, 0.25) is 0 Å². The van der Waals surface area contributed by atoms with Crippen molar-refractivity contribution in [1.82, 2.24) is 4.90 Å². The van der Waals surface area contributed by atoms with Crippen LogP contribution in [0.25, 0.3) is 0 Å². The maximum atomic E-state index is 11.4. The van der Waals surface area contributed by atoms with E-state index in [1.54, 1.807) is 0 Å². The van der Waals surface area contributed by atoms with E-state index in [1.807, 2.05) is 0 Å². The predicted octanol–water partition coefficient (Wildman–Crippen LogP) is 8.33. The highest BCUT2D eigenvalue weighted by atomic mass is 35.5. The Labute approximate surface area is 218 Å². The van der Waals surface area contributed by atoms with Crippen LogP contribution in [0.1, 0.15) is 93.1 Å². The first-order chi connectivity index (χ1) is 16.1. The van der Waals surface area contributed by atoms with Gasteiger partial charge in [0.15, 0.2) is 0 Å². The number of hydrogen-bond donors (Lipinski definition) is 1. The molecule has 35 heavy (non-hydrogen) atoms. The van der Waals surface area contributed by atoms with Crippen LogP contribution in [0, 0.1) is 5.41 Å². The predicted molar refractivity (Wildman–Crippen MR) is 146 cm³/mol. The fourth-order valence-electron chi connectivity index (χ4n) is 6.78. The highest BCUT2D eigenvalue weighted by Gasteiger charge is 2.52. The van der Waals surface area contributed by atoms with Crippen LogP contribution in [-0.2, 0) is 4.74 Å². The molecule has 2 saturated heterocycles. The third-order valence-corrected chi connectivity index (χ3v) is 14.8. The van der Waals surface area contributed by atoms with Crippen molar-refractivity contribution >= 4 is 26.0 Å². The monoisotopic (exact) mass is 523 g/mol. The van der Waals surface area contributed by atoms with Crippen LogP contribution in [0.4, 0.5) is 4.79 Å². The molecule has 2 fully saturated rings. The zero-order chi connectivity index (χ0) is 26.3. The maximum absolute atomic E-state index is 11.4. The second-order valence-corrected chi connectivity index (χ2v) is 18.6. The molecule has 1 spiro atoms. The Balaban J connectivity index is 1.90. The van der Waals surface area contributed by atoms with Gasteiger partial charge in [0.05, 0.1) is 16.7 Å². The smallest absolute Gasteiger partial charge is 0.407 e. The summed E-state index contributed by atoms with van der Waals surface area (Å²) in [4.78, 5) is 12.9. The van der Waals surface area contributed by atoms with E-state index in [0.29, 0.717) is 34.7 Å². The van der Waals surface area contributed by atoms with Crippen LogP contribution in [0.3, 0.4) is 0 Å². The Bertz CT molecular complexity index is 881. The Morgan fingerprint density at radius 3 is 2.09 bits per heavy atom. The zero-order valence-electron chi connectivity index (χ0n) is 23.2. The maximum Gasteiger partial charge on any atom is 0.407 e. The van der Waals surface area contributed by atoms with E-state index in [-0.39, 0.29) is 23.0 Å². The van der Waals surface area contributed by atoms with Crippen LogP contribution < -0.4 is 4.43 Å². The highest BCUT2D eigenvalue weighted by molar-refractivity contribution is 6.78. The van der Waals surface area contributed by atoms with Crippen molar-refractivity contribution < 1.29 is 19.1 Å². The number of carboxylic acid groups (broad SMARTS) is 1. The molecule has 2 unspecified atom stereocenters. The topological polar surface area (TPSA) is 59.0 Å². The van der Waals surface area contributed by atoms with Gasteiger partial charge in [-0.05, 0) is 59.0 Å². The second-order valence-electron chi connectivity index (χ2n) is 12.8. The standard InChI is InChI=1S/C28H46ClNO4Si/c1-18(2)35(19(3)4,20(5)6)34-24-11-10-21(16-23(24)29)22-17-28(33-25(22)27(7,8)9)12-14-30(15-13-28)26(31)32/h10-11,16,18-20,22,25H,12-15,17H2,1-9H3,(H,31,32). The minimum absolute atomic E-state index is 0.0390. The summed E-state index contributed by atoms with van der Waals surface area (Å²) in [6.45, 7) is 21.4. The summed E-state index contributed by atoms with van der Waals surface area (Å²) in [5.41, 5.74) is 2.29. The molecule has 2 atom stereocenters. The molecule has 5 nitrogen and oxygen atoms in total. The number of hydrogen-bond acceptors (Lipinski definition) is 3. The molecular formula is C28H46ClNO4Si. The molecule has 0 bridgehead atoms. The molecular weight excluding hydrogens is 478 g/mol. The number of ether oxygens (including phenoxy) is 1. The molecule has 1 aromatic rings. The van der Waals surface area contributed by atoms with E-state index < -0.39 is 14.4 Å². The number of halogens is 1. The van der Waals surface area contributed by atoms with Gasteiger partial charge in [-0.3, -0.25) is 0 Å². The van der Waals surface area contributed by atoms with E-state index in [9.17, 15) is 9.90 Å². The molecule has 198 valence electrons. The van der Waals surface area contributed by atoms with Crippen LogP contribution in [0.5, 0.6) is 5.75 Å². The fourth-order valence-corrected chi connectivity index (χ4v) is 12.3. The summed E-state index contributed by atoms with van der Waals surface area (Å²) in [5.74, 6) is 1.01.